The molecule has 1 heterocycles. The quantitative estimate of drug-likeness (QED) is 0.148. The van der Waals surface area contributed by atoms with E-state index >= 15 is 0 Å². The van der Waals surface area contributed by atoms with Crippen LogP contribution in [0.1, 0.15) is 22.3 Å². The number of rotatable bonds is 8. The molecule has 10 aromatic carbocycles. The van der Waals surface area contributed by atoms with Crippen molar-refractivity contribution in [1.29, 1.82) is 0 Å². The highest BCUT2D eigenvalue weighted by atomic mass is 19.1. The van der Waals surface area contributed by atoms with E-state index in [-0.39, 0.29) is 5.82 Å². The van der Waals surface area contributed by atoms with Gasteiger partial charge in [0.15, 0.2) is 0 Å². The van der Waals surface area contributed by atoms with Gasteiger partial charge in [0.1, 0.15) is 5.82 Å². The number of hydrogen-bond acceptors (Lipinski definition) is 1. The number of fused-ring (bicyclic) bond motifs is 6. The van der Waals surface area contributed by atoms with E-state index in [4.69, 9.17) is 0 Å². The highest BCUT2D eigenvalue weighted by molar-refractivity contribution is 6.10. The van der Waals surface area contributed by atoms with Gasteiger partial charge in [0.25, 0.3) is 0 Å². The maximum atomic E-state index is 14.2. The summed E-state index contributed by atoms with van der Waals surface area (Å²) in [6, 6.07) is 87.9. The summed E-state index contributed by atoms with van der Waals surface area (Å²) in [5.74, 6) is -0.260. The van der Waals surface area contributed by atoms with Gasteiger partial charge in [-0.05, 0) is 134 Å². The molecule has 0 saturated heterocycles. The van der Waals surface area contributed by atoms with Crippen molar-refractivity contribution in [2.75, 3.05) is 4.90 Å². The van der Waals surface area contributed by atoms with Crippen LogP contribution < -0.4 is 4.90 Å². The van der Waals surface area contributed by atoms with Gasteiger partial charge < -0.3 is 9.47 Å². The van der Waals surface area contributed by atoms with Gasteiger partial charge in [0.2, 0.25) is 0 Å². The Bertz CT molecular complexity index is 3430. The molecule has 0 spiro atoms. The van der Waals surface area contributed by atoms with Crippen LogP contribution in [0.3, 0.4) is 0 Å². The molecular formula is C61H41FN2. The zero-order valence-corrected chi connectivity index (χ0v) is 34.9. The summed E-state index contributed by atoms with van der Waals surface area (Å²) in [5, 5.41) is 2.41. The van der Waals surface area contributed by atoms with Crippen molar-refractivity contribution in [2.24, 2.45) is 0 Å². The molecule has 0 saturated carbocycles. The van der Waals surface area contributed by atoms with Crippen LogP contribution in [0, 0.1) is 5.82 Å². The second-order valence-corrected chi connectivity index (χ2v) is 16.6. The third-order valence-corrected chi connectivity index (χ3v) is 13.1. The molecular weight excluding hydrogens is 780 g/mol. The maximum absolute atomic E-state index is 14.2. The van der Waals surface area contributed by atoms with Crippen molar-refractivity contribution >= 4 is 38.9 Å². The Morgan fingerprint density at radius 2 is 0.828 bits per heavy atom. The summed E-state index contributed by atoms with van der Waals surface area (Å²) in [4.78, 5) is 2.17. The van der Waals surface area contributed by atoms with E-state index in [2.05, 4.69) is 228 Å². The SMILES string of the molecule is Fc1ccc(N(c2ccc(-c3ccccc3)cc2)c2ccc(-c3ccc4c(c3)c3ccccc3n4-c3ccc4c(c3)C(c3ccccc3)(c3ccccc3)c3ccccc3-4)cc2)cc1. The van der Waals surface area contributed by atoms with Crippen molar-refractivity contribution in [3.63, 3.8) is 0 Å². The first-order valence-electron chi connectivity index (χ1n) is 21.9. The Hall–Kier alpha value is -8.27. The lowest BCUT2D eigenvalue weighted by Gasteiger charge is -2.34. The van der Waals surface area contributed by atoms with Gasteiger partial charge in [-0.3, -0.25) is 0 Å². The van der Waals surface area contributed by atoms with E-state index in [0.29, 0.717) is 0 Å². The second kappa shape index (κ2) is 15.3. The Morgan fingerprint density at radius 1 is 0.344 bits per heavy atom. The van der Waals surface area contributed by atoms with Crippen LogP contribution in [0.4, 0.5) is 21.5 Å². The van der Waals surface area contributed by atoms with Crippen LogP contribution in [-0.2, 0) is 5.41 Å². The van der Waals surface area contributed by atoms with E-state index < -0.39 is 5.41 Å². The minimum absolute atomic E-state index is 0.260. The Balaban J connectivity index is 0.960. The number of hydrogen-bond donors (Lipinski definition) is 0. The lowest BCUT2D eigenvalue weighted by atomic mass is 9.67. The van der Waals surface area contributed by atoms with Gasteiger partial charge in [0.05, 0.1) is 16.4 Å². The van der Waals surface area contributed by atoms with Gasteiger partial charge in [-0.1, -0.05) is 170 Å². The van der Waals surface area contributed by atoms with Gasteiger partial charge in [-0.15, -0.1) is 0 Å². The fourth-order valence-electron chi connectivity index (χ4n) is 10.3. The Morgan fingerprint density at radius 3 is 1.48 bits per heavy atom. The first-order valence-corrected chi connectivity index (χ1v) is 21.9. The van der Waals surface area contributed by atoms with E-state index in [1.165, 1.54) is 67.4 Å². The molecule has 2 nitrogen and oxygen atoms in total. The molecule has 3 heteroatoms. The first kappa shape index (κ1) is 37.5. The fourth-order valence-corrected chi connectivity index (χ4v) is 10.3. The van der Waals surface area contributed by atoms with Crippen molar-refractivity contribution in [2.45, 2.75) is 5.41 Å². The molecule has 1 aliphatic carbocycles. The van der Waals surface area contributed by atoms with Gasteiger partial charge in [-0.25, -0.2) is 4.39 Å². The van der Waals surface area contributed by atoms with Crippen molar-refractivity contribution in [3.8, 4) is 39.1 Å². The zero-order valence-electron chi connectivity index (χ0n) is 34.9. The molecule has 64 heavy (non-hydrogen) atoms. The summed E-state index contributed by atoms with van der Waals surface area (Å²) in [7, 11) is 0. The number of para-hydroxylation sites is 1. The summed E-state index contributed by atoms with van der Waals surface area (Å²) in [6.45, 7) is 0. The van der Waals surface area contributed by atoms with E-state index in [1.54, 1.807) is 0 Å². The molecule has 0 bridgehead atoms. The van der Waals surface area contributed by atoms with Crippen LogP contribution in [0.15, 0.2) is 249 Å². The summed E-state index contributed by atoms with van der Waals surface area (Å²) in [5.41, 5.74) is 18.0. The minimum atomic E-state index is -0.486. The number of anilines is 3. The number of benzene rings is 10. The van der Waals surface area contributed by atoms with Crippen LogP contribution in [0.5, 0.6) is 0 Å². The topological polar surface area (TPSA) is 8.17 Å². The molecule has 0 amide bonds. The molecule has 1 aliphatic rings. The molecule has 0 N–H and O–H groups in total. The molecule has 1 aromatic heterocycles. The van der Waals surface area contributed by atoms with Crippen molar-refractivity contribution in [1.82, 2.24) is 4.57 Å². The third kappa shape index (κ3) is 6.00. The standard InChI is InChI=1S/C61H41FN2/c62-48-29-35-51(36-30-48)63(49-31-24-43(25-32-49)42-14-4-1-5-15-42)50-33-26-44(27-34-50)45-28-39-60-56(40-45)55-21-11-13-23-59(55)64(60)52-37-38-54-53-20-10-12-22-57(53)61(58(54)41-52,46-16-6-2-7-17-46)47-18-8-3-9-19-47/h1-41H. The van der Waals surface area contributed by atoms with Crippen LogP contribution >= 0.6 is 0 Å². The zero-order chi connectivity index (χ0) is 42.6. The second-order valence-electron chi connectivity index (χ2n) is 16.6. The molecule has 0 atom stereocenters. The van der Waals surface area contributed by atoms with Gasteiger partial charge >= 0.3 is 0 Å². The lowest BCUT2D eigenvalue weighted by Crippen LogP contribution is -2.28. The molecule has 11 aromatic rings. The van der Waals surface area contributed by atoms with Gasteiger partial charge in [0, 0.05) is 33.5 Å². The molecule has 0 fully saturated rings. The number of nitrogens with zero attached hydrogens (tertiary/aromatic N) is 2. The highest BCUT2D eigenvalue weighted by Gasteiger charge is 2.46. The molecule has 0 aliphatic heterocycles. The first-order chi connectivity index (χ1) is 31.6. The minimum Gasteiger partial charge on any atom is -0.311 e. The third-order valence-electron chi connectivity index (χ3n) is 13.1. The Kier molecular flexibility index (Phi) is 8.94. The smallest absolute Gasteiger partial charge is 0.123 e. The molecule has 0 radical (unpaired) electrons. The van der Waals surface area contributed by atoms with Crippen molar-refractivity contribution in [3.05, 3.63) is 277 Å². The fraction of sp³-hybridized carbons (Fsp3) is 0.0164. The number of aromatic nitrogens is 1. The summed E-state index contributed by atoms with van der Waals surface area (Å²) >= 11 is 0. The summed E-state index contributed by atoms with van der Waals surface area (Å²) in [6.07, 6.45) is 0. The molecule has 0 unspecified atom stereocenters. The van der Waals surface area contributed by atoms with Gasteiger partial charge in [-0.2, -0.15) is 0 Å². The van der Waals surface area contributed by atoms with E-state index in [0.717, 1.165) is 45.0 Å². The lowest BCUT2D eigenvalue weighted by molar-refractivity contribution is 0.628. The van der Waals surface area contributed by atoms with E-state index in [9.17, 15) is 4.39 Å². The van der Waals surface area contributed by atoms with Crippen LogP contribution in [0.2, 0.25) is 0 Å². The monoisotopic (exact) mass is 820 g/mol. The normalized spacial score (nSPS) is 12.6. The molecule has 302 valence electrons. The largest absolute Gasteiger partial charge is 0.311 e. The van der Waals surface area contributed by atoms with Crippen LogP contribution in [0.25, 0.3) is 60.9 Å². The number of halogens is 1. The van der Waals surface area contributed by atoms with Crippen molar-refractivity contribution < 1.29 is 4.39 Å². The Labute approximate surface area is 372 Å². The maximum Gasteiger partial charge on any atom is 0.123 e. The molecule has 12 rings (SSSR count). The van der Waals surface area contributed by atoms with E-state index in [1.807, 2.05) is 18.2 Å². The van der Waals surface area contributed by atoms with Crippen LogP contribution in [-0.4, -0.2) is 4.57 Å². The average molecular weight is 821 g/mol. The predicted molar refractivity (Wildman–Crippen MR) is 264 cm³/mol. The highest BCUT2D eigenvalue weighted by Crippen LogP contribution is 2.56. The average Bonchev–Trinajstić information content (AvgIpc) is 3.86. The summed E-state index contributed by atoms with van der Waals surface area (Å²) < 4.78 is 16.6. The predicted octanol–water partition coefficient (Wildman–Crippen LogP) is 16.1.